The van der Waals surface area contributed by atoms with Crippen LogP contribution in [0.15, 0.2) is 47.8 Å². The monoisotopic (exact) mass is 467 g/mol. The Morgan fingerprint density at radius 1 is 1.09 bits per heavy atom. The number of thiophene rings is 1. The smallest absolute Gasteiger partial charge is 0.342 e. The van der Waals surface area contributed by atoms with Gasteiger partial charge in [-0.3, -0.25) is 4.79 Å². The van der Waals surface area contributed by atoms with Crippen LogP contribution in [-0.2, 0) is 9.53 Å². The SMILES string of the molecule is Cc1ccc(-c2csc(NC(=O)[C@@H]3C[C@H]3c3ccc(Cl)cc3)c2C(=O)OC(C)C)c(C)c1. The van der Waals surface area contributed by atoms with Crippen LogP contribution in [0.5, 0.6) is 0 Å². The Hall–Kier alpha value is -2.63. The van der Waals surface area contributed by atoms with Crippen molar-refractivity contribution in [2.24, 2.45) is 5.92 Å². The lowest BCUT2D eigenvalue weighted by Gasteiger charge is -2.13. The molecule has 4 rings (SSSR count). The number of hydrogen-bond acceptors (Lipinski definition) is 4. The maximum Gasteiger partial charge on any atom is 0.342 e. The van der Waals surface area contributed by atoms with Gasteiger partial charge < -0.3 is 10.1 Å². The number of nitrogens with one attached hydrogen (secondary N) is 1. The lowest BCUT2D eigenvalue weighted by atomic mass is 9.97. The van der Waals surface area contributed by atoms with Crippen LogP contribution in [0.4, 0.5) is 5.00 Å². The molecule has 1 N–H and O–H groups in total. The number of aryl methyl sites for hydroxylation is 2. The summed E-state index contributed by atoms with van der Waals surface area (Å²) in [5, 5.41) is 6.16. The van der Waals surface area contributed by atoms with Gasteiger partial charge in [0.2, 0.25) is 5.91 Å². The Morgan fingerprint density at radius 3 is 2.47 bits per heavy atom. The highest BCUT2D eigenvalue weighted by Gasteiger charge is 2.44. The molecule has 1 fully saturated rings. The number of amides is 1. The van der Waals surface area contributed by atoms with Gasteiger partial charge in [0.1, 0.15) is 10.6 Å². The van der Waals surface area contributed by atoms with E-state index in [1.54, 1.807) is 0 Å². The van der Waals surface area contributed by atoms with Gasteiger partial charge in [-0.2, -0.15) is 0 Å². The topological polar surface area (TPSA) is 55.4 Å². The minimum atomic E-state index is -0.420. The summed E-state index contributed by atoms with van der Waals surface area (Å²) in [6, 6.07) is 13.8. The van der Waals surface area contributed by atoms with Crippen molar-refractivity contribution in [3.05, 3.63) is 75.1 Å². The molecule has 1 saturated carbocycles. The zero-order valence-corrected chi connectivity index (χ0v) is 20.1. The third-order valence-corrected chi connectivity index (χ3v) is 6.82. The third-order valence-electron chi connectivity index (χ3n) is 5.67. The Morgan fingerprint density at radius 2 is 1.81 bits per heavy atom. The molecule has 0 saturated heterocycles. The van der Waals surface area contributed by atoms with Crippen LogP contribution in [0.2, 0.25) is 5.02 Å². The lowest BCUT2D eigenvalue weighted by Crippen LogP contribution is -2.18. The maximum atomic E-state index is 13.0. The van der Waals surface area contributed by atoms with Gasteiger partial charge in [-0.1, -0.05) is 47.5 Å². The molecule has 1 aliphatic rings. The zero-order chi connectivity index (χ0) is 23.0. The molecule has 1 heterocycles. The second-order valence-corrected chi connectivity index (χ2v) is 9.93. The molecule has 2 aromatic carbocycles. The van der Waals surface area contributed by atoms with Gasteiger partial charge in [0.25, 0.3) is 0 Å². The molecular weight excluding hydrogens is 442 g/mol. The fourth-order valence-electron chi connectivity index (χ4n) is 4.01. The van der Waals surface area contributed by atoms with E-state index in [-0.39, 0.29) is 23.8 Å². The third kappa shape index (κ3) is 4.74. The first-order valence-corrected chi connectivity index (χ1v) is 12.0. The van der Waals surface area contributed by atoms with Crippen molar-refractivity contribution in [2.45, 2.75) is 46.1 Å². The molecule has 1 aromatic heterocycles. The number of carbonyl (C=O) groups excluding carboxylic acids is 2. The summed E-state index contributed by atoms with van der Waals surface area (Å²) < 4.78 is 5.52. The highest BCUT2D eigenvalue weighted by Crippen LogP contribution is 2.49. The number of carbonyl (C=O) groups is 2. The average molecular weight is 468 g/mol. The molecule has 3 aromatic rings. The van der Waals surface area contributed by atoms with Crippen molar-refractivity contribution in [2.75, 3.05) is 5.32 Å². The van der Waals surface area contributed by atoms with Gasteiger partial charge in [-0.25, -0.2) is 4.79 Å². The summed E-state index contributed by atoms with van der Waals surface area (Å²) in [5.74, 6) is -0.428. The van der Waals surface area contributed by atoms with Gasteiger partial charge in [-0.15, -0.1) is 11.3 Å². The predicted molar refractivity (Wildman–Crippen MR) is 131 cm³/mol. The maximum absolute atomic E-state index is 13.0. The molecule has 4 nitrogen and oxygen atoms in total. The summed E-state index contributed by atoms with van der Waals surface area (Å²) >= 11 is 7.34. The van der Waals surface area contributed by atoms with Gasteiger partial charge in [0.05, 0.1) is 6.10 Å². The lowest BCUT2D eigenvalue weighted by molar-refractivity contribution is -0.117. The van der Waals surface area contributed by atoms with E-state index in [4.69, 9.17) is 16.3 Å². The Kier molecular flexibility index (Phi) is 6.40. The number of esters is 1. The van der Waals surface area contributed by atoms with E-state index >= 15 is 0 Å². The summed E-state index contributed by atoms with van der Waals surface area (Å²) in [6.45, 7) is 7.70. The van der Waals surface area contributed by atoms with Crippen LogP contribution in [0.1, 0.15) is 53.2 Å². The van der Waals surface area contributed by atoms with E-state index in [9.17, 15) is 9.59 Å². The van der Waals surface area contributed by atoms with E-state index in [0.29, 0.717) is 15.6 Å². The second-order valence-electron chi connectivity index (χ2n) is 8.62. The Balaban J connectivity index is 1.61. The molecule has 1 aliphatic carbocycles. The number of rotatable bonds is 6. The molecule has 1 amide bonds. The molecule has 0 spiro atoms. The largest absolute Gasteiger partial charge is 0.459 e. The van der Waals surface area contributed by atoms with Crippen LogP contribution >= 0.6 is 22.9 Å². The predicted octanol–water partition coefficient (Wildman–Crippen LogP) is 6.99. The highest BCUT2D eigenvalue weighted by molar-refractivity contribution is 7.15. The fourth-order valence-corrected chi connectivity index (χ4v) is 5.08. The van der Waals surface area contributed by atoms with Gasteiger partial charge in [0.15, 0.2) is 0 Å². The summed E-state index contributed by atoms with van der Waals surface area (Å²) in [6.07, 6.45) is 0.532. The minimum absolute atomic E-state index is 0.0717. The Labute approximate surface area is 197 Å². The van der Waals surface area contributed by atoms with Crippen molar-refractivity contribution in [1.82, 2.24) is 0 Å². The number of hydrogen-bond donors (Lipinski definition) is 1. The van der Waals surface area contributed by atoms with Crippen LogP contribution in [0, 0.1) is 19.8 Å². The zero-order valence-electron chi connectivity index (χ0n) is 18.6. The van der Waals surface area contributed by atoms with E-state index in [0.717, 1.165) is 34.2 Å². The van der Waals surface area contributed by atoms with Gasteiger partial charge >= 0.3 is 5.97 Å². The van der Waals surface area contributed by atoms with E-state index in [1.807, 2.05) is 69.5 Å². The van der Waals surface area contributed by atoms with E-state index in [2.05, 4.69) is 11.4 Å². The number of benzene rings is 2. The molecule has 0 bridgehead atoms. The standard InChI is InChI=1S/C26H26ClNO3S/c1-14(2)31-26(30)23-22(19-10-5-15(3)11-16(19)4)13-32-25(23)28-24(29)21-12-20(21)17-6-8-18(27)9-7-17/h5-11,13-14,20-21H,12H2,1-4H3,(H,28,29)/t20-,21+/m0/s1. The summed E-state index contributed by atoms with van der Waals surface area (Å²) in [5.41, 5.74) is 5.52. The van der Waals surface area contributed by atoms with Crippen molar-refractivity contribution >= 4 is 39.8 Å². The van der Waals surface area contributed by atoms with E-state index < -0.39 is 5.97 Å². The number of ether oxygens (including phenoxy) is 1. The quantitative estimate of drug-likeness (QED) is 0.397. The van der Waals surface area contributed by atoms with Crippen molar-refractivity contribution in [3.8, 4) is 11.1 Å². The second kappa shape index (κ2) is 9.08. The molecule has 32 heavy (non-hydrogen) atoms. The van der Waals surface area contributed by atoms with Crippen LogP contribution in [0.3, 0.4) is 0 Å². The van der Waals surface area contributed by atoms with E-state index in [1.165, 1.54) is 11.3 Å². The summed E-state index contributed by atoms with van der Waals surface area (Å²) in [7, 11) is 0. The van der Waals surface area contributed by atoms with Gasteiger partial charge in [0, 0.05) is 21.9 Å². The molecule has 166 valence electrons. The first kappa shape index (κ1) is 22.6. The minimum Gasteiger partial charge on any atom is -0.459 e. The molecule has 6 heteroatoms. The average Bonchev–Trinajstić information content (AvgIpc) is 3.42. The first-order valence-electron chi connectivity index (χ1n) is 10.7. The molecule has 2 atom stereocenters. The normalized spacial score (nSPS) is 17.3. The molecular formula is C26H26ClNO3S. The van der Waals surface area contributed by atoms with Crippen molar-refractivity contribution < 1.29 is 14.3 Å². The summed E-state index contributed by atoms with van der Waals surface area (Å²) in [4.78, 5) is 26.0. The number of halogens is 1. The highest BCUT2D eigenvalue weighted by atomic mass is 35.5. The van der Waals surface area contributed by atoms with Gasteiger partial charge in [-0.05, 0) is 68.9 Å². The van der Waals surface area contributed by atoms with Crippen LogP contribution < -0.4 is 5.32 Å². The molecule has 0 unspecified atom stereocenters. The Bertz CT molecular complexity index is 1170. The van der Waals surface area contributed by atoms with Crippen molar-refractivity contribution in [1.29, 1.82) is 0 Å². The van der Waals surface area contributed by atoms with Crippen LogP contribution in [-0.4, -0.2) is 18.0 Å². The first-order chi connectivity index (χ1) is 15.2. The molecule has 0 radical (unpaired) electrons. The van der Waals surface area contributed by atoms with Crippen LogP contribution in [0.25, 0.3) is 11.1 Å². The van der Waals surface area contributed by atoms with Crippen molar-refractivity contribution in [3.63, 3.8) is 0 Å². The number of anilines is 1. The molecule has 0 aliphatic heterocycles. The fraction of sp³-hybridized carbons (Fsp3) is 0.308.